The Balaban J connectivity index is 5.64. The summed E-state index contributed by atoms with van der Waals surface area (Å²) in [5.74, 6) is -2.89. The fraction of sp³-hybridized carbons (Fsp3) is 0.818. The SMILES string of the molecule is CC(C)CCC(=O)NC(=O)[C@H](C)NC(=O)CC(O)[C@@H](CC(C)C)N(C)C(=O)[C@H](NC(=O)[C@@H](NC(=O)CC(C)C)C(C)C)C(C)C. The molecule has 5 atom stereocenters. The zero-order valence-corrected chi connectivity index (χ0v) is 29.7. The largest absolute Gasteiger partial charge is 0.390 e. The average molecular weight is 640 g/mol. The van der Waals surface area contributed by atoms with Crippen LogP contribution in [0.2, 0.25) is 0 Å². The van der Waals surface area contributed by atoms with Crippen LogP contribution in [0.3, 0.4) is 0 Å². The van der Waals surface area contributed by atoms with Gasteiger partial charge in [-0.3, -0.25) is 34.1 Å². The molecule has 5 N–H and O–H groups in total. The number of nitrogens with one attached hydrogen (secondary N) is 4. The first-order valence-electron chi connectivity index (χ1n) is 16.3. The van der Waals surface area contributed by atoms with Crippen molar-refractivity contribution in [1.29, 1.82) is 0 Å². The number of likely N-dealkylation sites (N-methyl/N-ethyl adjacent to an activating group) is 1. The van der Waals surface area contributed by atoms with Crippen LogP contribution < -0.4 is 21.3 Å². The molecule has 0 saturated heterocycles. The average Bonchev–Trinajstić information content (AvgIpc) is 2.90. The van der Waals surface area contributed by atoms with Crippen molar-refractivity contribution in [2.24, 2.45) is 29.6 Å². The number of carbonyl (C=O) groups excluding carboxylic acids is 6. The summed E-state index contributed by atoms with van der Waals surface area (Å²) in [4.78, 5) is 78.1. The van der Waals surface area contributed by atoms with Gasteiger partial charge in [0, 0.05) is 19.9 Å². The number of aliphatic hydroxyl groups is 1. The Morgan fingerprint density at radius 2 is 1.16 bits per heavy atom. The second-order valence-electron chi connectivity index (χ2n) is 14.2. The molecular weight excluding hydrogens is 578 g/mol. The maximum Gasteiger partial charge on any atom is 0.248 e. The van der Waals surface area contributed by atoms with Gasteiger partial charge in [0.1, 0.15) is 18.1 Å². The zero-order chi connectivity index (χ0) is 35.2. The van der Waals surface area contributed by atoms with E-state index in [1.165, 1.54) is 18.9 Å². The summed E-state index contributed by atoms with van der Waals surface area (Å²) in [7, 11) is 1.53. The zero-order valence-electron chi connectivity index (χ0n) is 29.7. The van der Waals surface area contributed by atoms with Crippen LogP contribution in [0.4, 0.5) is 0 Å². The molecule has 0 aromatic heterocycles. The van der Waals surface area contributed by atoms with Crippen molar-refractivity contribution in [2.45, 2.75) is 139 Å². The number of aliphatic hydroxyl groups excluding tert-OH is 1. The van der Waals surface area contributed by atoms with Gasteiger partial charge in [0.05, 0.1) is 18.6 Å². The van der Waals surface area contributed by atoms with Crippen molar-refractivity contribution in [2.75, 3.05) is 7.05 Å². The van der Waals surface area contributed by atoms with Crippen LogP contribution in [0, 0.1) is 29.6 Å². The van der Waals surface area contributed by atoms with Crippen LogP contribution >= 0.6 is 0 Å². The highest BCUT2D eigenvalue weighted by Gasteiger charge is 2.36. The molecule has 12 nitrogen and oxygen atoms in total. The first kappa shape index (κ1) is 42.0. The predicted molar refractivity (Wildman–Crippen MR) is 174 cm³/mol. The van der Waals surface area contributed by atoms with Crippen LogP contribution in [-0.2, 0) is 28.8 Å². The summed E-state index contributed by atoms with van der Waals surface area (Å²) < 4.78 is 0. The lowest BCUT2D eigenvalue weighted by atomic mass is 9.93. The maximum atomic E-state index is 13.8. The van der Waals surface area contributed by atoms with E-state index in [4.69, 9.17) is 0 Å². The van der Waals surface area contributed by atoms with Gasteiger partial charge >= 0.3 is 0 Å². The molecule has 0 heterocycles. The van der Waals surface area contributed by atoms with E-state index in [2.05, 4.69) is 21.3 Å². The number of imide groups is 1. The molecule has 0 spiro atoms. The minimum atomic E-state index is -1.27. The van der Waals surface area contributed by atoms with Gasteiger partial charge in [-0.2, -0.15) is 0 Å². The van der Waals surface area contributed by atoms with Crippen molar-refractivity contribution in [3.63, 3.8) is 0 Å². The lowest BCUT2D eigenvalue weighted by Gasteiger charge is -2.37. The molecule has 0 radical (unpaired) electrons. The summed E-state index contributed by atoms with van der Waals surface area (Å²) in [5, 5.41) is 21.6. The Morgan fingerprint density at radius 1 is 0.622 bits per heavy atom. The van der Waals surface area contributed by atoms with Crippen molar-refractivity contribution in [3.8, 4) is 0 Å². The second-order valence-corrected chi connectivity index (χ2v) is 14.2. The van der Waals surface area contributed by atoms with Crippen LogP contribution in [0.25, 0.3) is 0 Å². The minimum absolute atomic E-state index is 0.0538. The van der Waals surface area contributed by atoms with E-state index >= 15 is 0 Å². The third-order valence-corrected chi connectivity index (χ3v) is 7.47. The normalized spacial score (nSPS) is 15.0. The number of nitrogens with zero attached hydrogens (tertiary/aromatic N) is 1. The number of hydrogen-bond acceptors (Lipinski definition) is 7. The van der Waals surface area contributed by atoms with E-state index < -0.39 is 59.8 Å². The first-order chi connectivity index (χ1) is 20.7. The molecule has 0 aromatic carbocycles. The molecule has 0 aliphatic carbocycles. The van der Waals surface area contributed by atoms with E-state index in [-0.39, 0.29) is 48.8 Å². The molecule has 0 aliphatic heterocycles. The molecule has 45 heavy (non-hydrogen) atoms. The minimum Gasteiger partial charge on any atom is -0.390 e. The van der Waals surface area contributed by atoms with Crippen molar-refractivity contribution < 1.29 is 33.9 Å². The summed E-state index contributed by atoms with van der Waals surface area (Å²) in [6.45, 7) is 20.3. The Bertz CT molecular complexity index is 996. The number of rotatable bonds is 19. The maximum absolute atomic E-state index is 13.8. The first-order valence-corrected chi connectivity index (χ1v) is 16.3. The number of carbonyl (C=O) groups is 6. The molecule has 12 heteroatoms. The molecule has 0 aromatic rings. The van der Waals surface area contributed by atoms with E-state index in [9.17, 15) is 33.9 Å². The Kier molecular flexibility index (Phi) is 18.8. The van der Waals surface area contributed by atoms with Gasteiger partial charge in [-0.05, 0) is 49.4 Å². The quantitative estimate of drug-likeness (QED) is 0.144. The molecule has 0 bridgehead atoms. The molecule has 0 fully saturated rings. The lowest BCUT2D eigenvalue weighted by Crippen LogP contribution is -2.59. The topological polar surface area (TPSA) is 174 Å². The van der Waals surface area contributed by atoms with Gasteiger partial charge in [0.25, 0.3) is 0 Å². The fourth-order valence-corrected chi connectivity index (χ4v) is 4.75. The summed E-state index contributed by atoms with van der Waals surface area (Å²) in [6.07, 6.45) is -0.188. The van der Waals surface area contributed by atoms with Crippen LogP contribution in [0.15, 0.2) is 0 Å². The van der Waals surface area contributed by atoms with Gasteiger partial charge in [0.2, 0.25) is 35.4 Å². The standard InChI is InChI=1S/C33H61N5O7/c1-18(2)13-14-26(40)36-31(43)23(11)34-28(42)17-25(39)24(15-19(3)4)38(12)33(45)30(22(9)10)37-32(44)29(21(7)8)35-27(41)16-20(5)6/h18-25,29-30,39H,13-17H2,1-12H3,(H,34,42)(H,35,41)(H,37,44)(H,36,40,43)/t23-,24+,25?,29-,30+/m0/s1. The highest BCUT2D eigenvalue weighted by atomic mass is 16.3. The predicted octanol–water partition coefficient (Wildman–Crippen LogP) is 2.52. The van der Waals surface area contributed by atoms with E-state index in [0.717, 1.165) is 0 Å². The van der Waals surface area contributed by atoms with Gasteiger partial charge in [0.15, 0.2) is 0 Å². The van der Waals surface area contributed by atoms with Crippen molar-refractivity contribution in [1.82, 2.24) is 26.2 Å². The summed E-state index contributed by atoms with van der Waals surface area (Å²) >= 11 is 0. The highest BCUT2D eigenvalue weighted by Crippen LogP contribution is 2.19. The molecule has 0 saturated carbocycles. The van der Waals surface area contributed by atoms with Crippen LogP contribution in [-0.4, -0.2) is 82.8 Å². The molecule has 0 rings (SSSR count). The Morgan fingerprint density at radius 3 is 1.62 bits per heavy atom. The van der Waals surface area contributed by atoms with Crippen LogP contribution in [0.1, 0.15) is 108 Å². The molecule has 260 valence electrons. The molecule has 1 unspecified atom stereocenters. The Labute approximate surface area is 270 Å². The molecule has 0 aliphatic rings. The van der Waals surface area contributed by atoms with E-state index in [1.807, 2.05) is 55.4 Å². The van der Waals surface area contributed by atoms with Gasteiger partial charge < -0.3 is 26.0 Å². The third-order valence-electron chi connectivity index (χ3n) is 7.47. The number of amides is 6. The number of hydrogen-bond donors (Lipinski definition) is 5. The molecule has 6 amide bonds. The smallest absolute Gasteiger partial charge is 0.248 e. The van der Waals surface area contributed by atoms with Gasteiger partial charge in [-0.25, -0.2) is 0 Å². The summed E-state index contributed by atoms with van der Waals surface area (Å²) in [5.41, 5.74) is 0. The molecular formula is C33H61N5O7. The van der Waals surface area contributed by atoms with Crippen LogP contribution in [0.5, 0.6) is 0 Å². The lowest BCUT2D eigenvalue weighted by molar-refractivity contribution is -0.142. The second kappa shape index (κ2) is 20.2. The third kappa shape index (κ3) is 16.2. The van der Waals surface area contributed by atoms with Gasteiger partial charge in [-0.1, -0.05) is 69.2 Å². The van der Waals surface area contributed by atoms with E-state index in [1.54, 1.807) is 13.8 Å². The van der Waals surface area contributed by atoms with Crippen molar-refractivity contribution in [3.05, 3.63) is 0 Å². The highest BCUT2D eigenvalue weighted by molar-refractivity contribution is 5.99. The fourth-order valence-electron chi connectivity index (χ4n) is 4.75. The monoisotopic (exact) mass is 639 g/mol. The van der Waals surface area contributed by atoms with Gasteiger partial charge in [-0.15, -0.1) is 0 Å². The Hall–Kier alpha value is -3.02. The van der Waals surface area contributed by atoms with E-state index in [0.29, 0.717) is 18.8 Å². The van der Waals surface area contributed by atoms with Crippen molar-refractivity contribution >= 4 is 35.4 Å². The summed E-state index contributed by atoms with van der Waals surface area (Å²) in [6, 6.07) is -3.56.